The van der Waals surface area contributed by atoms with E-state index in [-0.39, 0.29) is 11.9 Å². The van der Waals surface area contributed by atoms with E-state index in [0.29, 0.717) is 5.75 Å². The van der Waals surface area contributed by atoms with Gasteiger partial charge in [-0.15, -0.1) is 10.2 Å². The van der Waals surface area contributed by atoms with Gasteiger partial charge < -0.3 is 13.9 Å². The molecule has 3 heterocycles. The number of nitrogens with zero attached hydrogens (tertiary/aromatic N) is 6. The Morgan fingerprint density at radius 2 is 1.79 bits per heavy atom. The molecule has 5 rings (SSSR count). The van der Waals surface area contributed by atoms with Crippen molar-refractivity contribution in [3.8, 4) is 34.1 Å². The summed E-state index contributed by atoms with van der Waals surface area (Å²) in [6.45, 7) is 5.92. The van der Waals surface area contributed by atoms with Crippen LogP contribution >= 0.6 is 0 Å². The van der Waals surface area contributed by atoms with E-state index < -0.39 is 0 Å². The van der Waals surface area contributed by atoms with Crippen LogP contribution < -0.4 is 4.74 Å². The molecule has 0 aliphatic carbocycles. The molecule has 1 unspecified atom stereocenters. The fraction of sp³-hybridized carbons (Fsp3) is 0.200. The Kier molecular flexibility index (Phi) is 5.12. The second-order valence-electron chi connectivity index (χ2n) is 8.00. The summed E-state index contributed by atoms with van der Waals surface area (Å²) in [5.74, 6) is 1.97. The second kappa shape index (κ2) is 8.12. The number of benzene rings is 2. The molecule has 1 aromatic heterocycles. The predicted molar refractivity (Wildman–Crippen MR) is 123 cm³/mol. The number of aryl methyl sites for hydroxylation is 2. The summed E-state index contributed by atoms with van der Waals surface area (Å²) in [4.78, 5) is 8.90. The van der Waals surface area contributed by atoms with Crippen LogP contribution in [0, 0.1) is 19.7 Å². The minimum Gasteiger partial charge on any atom is -0.495 e. The first-order valence-electron chi connectivity index (χ1n) is 10.6. The third-order valence-corrected chi connectivity index (χ3v) is 5.88. The molecule has 0 amide bonds. The number of halogens is 1. The number of aromatic nitrogens is 6. The van der Waals surface area contributed by atoms with E-state index in [1.807, 2.05) is 54.3 Å². The fourth-order valence-electron chi connectivity index (χ4n) is 4.14. The van der Waals surface area contributed by atoms with E-state index in [2.05, 4.69) is 20.2 Å². The van der Waals surface area contributed by atoms with E-state index in [1.54, 1.807) is 31.8 Å². The molecule has 2 aromatic carbocycles. The van der Waals surface area contributed by atoms with Crippen LogP contribution in [0.4, 0.5) is 4.39 Å². The summed E-state index contributed by atoms with van der Waals surface area (Å²) in [7, 11) is 1.64. The van der Waals surface area contributed by atoms with Crippen LogP contribution in [0.25, 0.3) is 28.3 Å². The van der Waals surface area contributed by atoms with E-state index in [4.69, 9.17) is 4.74 Å². The summed E-state index contributed by atoms with van der Waals surface area (Å²) in [5, 5.41) is 9.00. The first-order chi connectivity index (χ1) is 16.0. The van der Waals surface area contributed by atoms with Crippen molar-refractivity contribution in [2.24, 2.45) is 0 Å². The van der Waals surface area contributed by atoms with Crippen molar-refractivity contribution in [3.63, 3.8) is 0 Å². The van der Waals surface area contributed by atoms with Gasteiger partial charge in [0.15, 0.2) is 5.82 Å². The number of ether oxygens (including phenoxy) is 1. The highest BCUT2D eigenvalue weighted by atomic mass is 19.1. The molecule has 0 saturated heterocycles. The van der Waals surface area contributed by atoms with E-state index in [1.165, 1.54) is 12.1 Å². The van der Waals surface area contributed by atoms with Gasteiger partial charge >= 0.3 is 0 Å². The van der Waals surface area contributed by atoms with Crippen LogP contribution in [-0.4, -0.2) is 36.4 Å². The smallest absolute Gasteiger partial charge is 0.168 e. The van der Waals surface area contributed by atoms with Gasteiger partial charge in [-0.25, -0.2) is 14.4 Å². The molecular weight excluding hydrogens is 419 g/mol. The van der Waals surface area contributed by atoms with Crippen LogP contribution in [0.5, 0.6) is 5.75 Å². The largest absolute Gasteiger partial charge is 0.495 e. The van der Waals surface area contributed by atoms with Gasteiger partial charge in [-0.2, -0.15) is 0 Å². The zero-order chi connectivity index (χ0) is 23.1. The summed E-state index contributed by atoms with van der Waals surface area (Å²) >= 11 is 0. The number of methoxy groups -OCH3 is 1. The molecule has 8 heteroatoms. The topological polar surface area (TPSA) is 70.7 Å². The highest BCUT2D eigenvalue weighted by Crippen LogP contribution is 2.36. The van der Waals surface area contributed by atoms with Crippen molar-refractivity contribution < 1.29 is 9.13 Å². The van der Waals surface area contributed by atoms with Gasteiger partial charge in [-0.3, -0.25) is 0 Å². The zero-order valence-electron chi connectivity index (χ0n) is 18.8. The molecular formula is C25H23FN6O. The average molecular weight is 442 g/mol. The highest BCUT2D eigenvalue weighted by molar-refractivity contribution is 5.79. The Hall–Kier alpha value is -4.07. The third kappa shape index (κ3) is 3.63. The third-order valence-electron chi connectivity index (χ3n) is 5.88. The van der Waals surface area contributed by atoms with Gasteiger partial charge in [0.05, 0.1) is 36.4 Å². The lowest BCUT2D eigenvalue weighted by molar-refractivity contribution is 0.413. The summed E-state index contributed by atoms with van der Waals surface area (Å²) < 4.78 is 23.0. The van der Waals surface area contributed by atoms with Crippen molar-refractivity contribution in [1.82, 2.24) is 29.3 Å². The lowest BCUT2D eigenvalue weighted by atomic mass is 10.0. The van der Waals surface area contributed by atoms with Gasteiger partial charge in [0.2, 0.25) is 0 Å². The molecule has 2 aliphatic heterocycles. The standard InChI is InChI=1S/C25H23FN6O/c1-15-13-31(14-28-15)22-10-7-19(11-23(22)33-4)24-21-12-27-17(3)32(25(21)30-29-24)16(2)18-5-8-20(26)9-6-18/h5-14,16H,1-4H3. The van der Waals surface area contributed by atoms with Crippen LogP contribution in [0.3, 0.4) is 0 Å². The first kappa shape index (κ1) is 20.8. The second-order valence-corrected chi connectivity index (χ2v) is 8.00. The summed E-state index contributed by atoms with van der Waals surface area (Å²) in [6.07, 6.45) is 5.51. The van der Waals surface area contributed by atoms with Crippen molar-refractivity contribution in [2.45, 2.75) is 26.8 Å². The maximum Gasteiger partial charge on any atom is 0.168 e. The Balaban J connectivity index is 1.56. The van der Waals surface area contributed by atoms with Crippen LogP contribution in [0.1, 0.15) is 30.0 Å². The normalized spacial score (nSPS) is 12.3. The molecule has 7 nitrogen and oxygen atoms in total. The number of hydrogen-bond acceptors (Lipinski definition) is 5. The Bertz CT molecular complexity index is 1410. The van der Waals surface area contributed by atoms with Crippen LogP contribution in [0.15, 0.2) is 61.2 Å². The molecule has 0 spiro atoms. The molecule has 1 atom stereocenters. The number of fused-ring (bicyclic) bond motifs is 1. The lowest BCUT2D eigenvalue weighted by Crippen LogP contribution is -2.15. The Labute approximate surface area is 190 Å². The van der Waals surface area contributed by atoms with Crippen molar-refractivity contribution >= 4 is 0 Å². The SMILES string of the molecule is COc1cc(-c2nnc3n(C(C)c4ccc(F)cc4)c(C)ncc2-3)ccc1-n1cnc(C)c1. The summed E-state index contributed by atoms with van der Waals surface area (Å²) in [6, 6.07) is 12.3. The average Bonchev–Trinajstić information content (AvgIpc) is 3.45. The lowest BCUT2D eigenvalue weighted by Gasteiger charge is -2.21. The van der Waals surface area contributed by atoms with Crippen LogP contribution in [0.2, 0.25) is 0 Å². The fourth-order valence-corrected chi connectivity index (χ4v) is 4.14. The highest BCUT2D eigenvalue weighted by Gasteiger charge is 2.24. The number of imidazole rings is 1. The van der Waals surface area contributed by atoms with Crippen molar-refractivity contribution in [1.29, 1.82) is 0 Å². The van der Waals surface area contributed by atoms with Crippen molar-refractivity contribution in [3.05, 3.63) is 84.1 Å². The molecule has 0 bridgehead atoms. The van der Waals surface area contributed by atoms with Gasteiger partial charge in [0, 0.05) is 18.0 Å². The van der Waals surface area contributed by atoms with E-state index in [9.17, 15) is 4.39 Å². The number of hydrogen-bond donors (Lipinski definition) is 0. The van der Waals surface area contributed by atoms with Crippen molar-refractivity contribution in [2.75, 3.05) is 7.11 Å². The quantitative estimate of drug-likeness (QED) is 0.383. The molecule has 166 valence electrons. The molecule has 0 radical (unpaired) electrons. The van der Waals surface area contributed by atoms with Crippen LogP contribution in [-0.2, 0) is 0 Å². The Morgan fingerprint density at radius 3 is 2.48 bits per heavy atom. The zero-order valence-corrected chi connectivity index (χ0v) is 18.8. The first-order valence-corrected chi connectivity index (χ1v) is 10.6. The van der Waals surface area contributed by atoms with Gasteiger partial charge in [-0.05, 0) is 50.6 Å². The number of rotatable bonds is 5. The molecule has 0 N–H and O–H groups in total. The van der Waals surface area contributed by atoms with Gasteiger partial charge in [0.1, 0.15) is 23.1 Å². The van der Waals surface area contributed by atoms with E-state index in [0.717, 1.165) is 45.4 Å². The minimum atomic E-state index is -0.261. The van der Waals surface area contributed by atoms with Gasteiger partial charge in [0.25, 0.3) is 0 Å². The molecule has 33 heavy (non-hydrogen) atoms. The predicted octanol–water partition coefficient (Wildman–Crippen LogP) is 5.00. The van der Waals surface area contributed by atoms with Gasteiger partial charge in [-0.1, -0.05) is 18.2 Å². The minimum absolute atomic E-state index is 0.0901. The molecule has 2 aliphatic rings. The maximum atomic E-state index is 13.4. The molecule has 0 fully saturated rings. The molecule has 3 aromatic rings. The monoisotopic (exact) mass is 442 g/mol. The molecule has 0 saturated carbocycles. The van der Waals surface area contributed by atoms with E-state index >= 15 is 0 Å². The summed E-state index contributed by atoms with van der Waals surface area (Å²) in [5.41, 5.74) is 5.22. The maximum absolute atomic E-state index is 13.4. The Morgan fingerprint density at radius 1 is 1.00 bits per heavy atom.